The van der Waals surface area contributed by atoms with Gasteiger partial charge >= 0.3 is 0 Å². The van der Waals surface area contributed by atoms with E-state index in [0.29, 0.717) is 12.1 Å². The first-order valence-corrected chi connectivity index (χ1v) is 7.95. The third-order valence-corrected chi connectivity index (χ3v) is 4.46. The molecule has 0 atom stereocenters. The number of hydrogen-bond acceptors (Lipinski definition) is 5. The smallest absolute Gasteiger partial charge is 0.269 e. The van der Waals surface area contributed by atoms with Gasteiger partial charge in [-0.15, -0.1) is 0 Å². The molecular weight excluding hydrogens is 308 g/mol. The molecule has 0 saturated carbocycles. The van der Waals surface area contributed by atoms with Crippen LogP contribution >= 0.6 is 0 Å². The summed E-state index contributed by atoms with van der Waals surface area (Å²) in [6.45, 7) is 7.69. The Labute approximate surface area is 139 Å². The maximum Gasteiger partial charge on any atom is 0.269 e. The zero-order valence-corrected chi connectivity index (χ0v) is 14.0. The van der Waals surface area contributed by atoms with Crippen molar-refractivity contribution in [1.82, 2.24) is 15.1 Å². The fourth-order valence-electron chi connectivity index (χ4n) is 3.22. The van der Waals surface area contributed by atoms with E-state index in [1.807, 2.05) is 11.6 Å². The number of carbonyl (C=O) groups excluding carboxylic acids is 1. The fourth-order valence-corrected chi connectivity index (χ4v) is 3.22. The zero-order valence-electron chi connectivity index (χ0n) is 14.0. The van der Waals surface area contributed by atoms with E-state index in [9.17, 15) is 14.9 Å². The number of nitro groups is 1. The summed E-state index contributed by atoms with van der Waals surface area (Å²) in [5.41, 5.74) is 3.30. The highest BCUT2D eigenvalue weighted by Gasteiger charge is 2.36. The van der Waals surface area contributed by atoms with Gasteiger partial charge in [0.05, 0.1) is 28.3 Å². The summed E-state index contributed by atoms with van der Waals surface area (Å²) in [4.78, 5) is 22.7. The predicted molar refractivity (Wildman–Crippen MR) is 88.9 cm³/mol. The van der Waals surface area contributed by atoms with Gasteiger partial charge in [-0.3, -0.25) is 19.6 Å². The molecule has 0 spiro atoms. The number of nitro benzene ring substituents is 1. The molecule has 0 bridgehead atoms. The van der Waals surface area contributed by atoms with Crippen LogP contribution in [0.1, 0.15) is 48.1 Å². The summed E-state index contributed by atoms with van der Waals surface area (Å²) in [6.07, 6.45) is 0.199. The van der Waals surface area contributed by atoms with Crippen molar-refractivity contribution in [2.24, 2.45) is 0 Å². The van der Waals surface area contributed by atoms with E-state index in [2.05, 4.69) is 24.3 Å². The minimum atomic E-state index is -0.474. The van der Waals surface area contributed by atoms with E-state index < -0.39 is 4.92 Å². The summed E-state index contributed by atoms with van der Waals surface area (Å²) in [6, 6.07) is 5.71. The number of aromatic nitrogens is 2. The van der Waals surface area contributed by atoms with Gasteiger partial charge < -0.3 is 5.32 Å². The van der Waals surface area contributed by atoms with Crippen LogP contribution in [0.15, 0.2) is 24.3 Å². The average molecular weight is 328 g/mol. The monoisotopic (exact) mass is 328 g/mol. The molecule has 0 unspecified atom stereocenters. The molecule has 1 aromatic carbocycles. The standard InChI is InChI=1S/C17H20N4O3/c1-4-20-16-13(10-18-17(16,2)3)14(19-20)9-15(22)11-5-7-12(8-6-11)21(23)24/h5-8,18H,4,9-10H2,1-3H3. The Morgan fingerprint density at radius 2 is 2.04 bits per heavy atom. The number of benzene rings is 1. The van der Waals surface area contributed by atoms with Crippen molar-refractivity contribution in [3.63, 3.8) is 0 Å². The molecule has 0 radical (unpaired) electrons. The number of carbonyl (C=O) groups is 1. The molecule has 126 valence electrons. The highest BCUT2D eigenvalue weighted by Crippen LogP contribution is 2.33. The van der Waals surface area contributed by atoms with Crippen molar-refractivity contribution < 1.29 is 9.72 Å². The van der Waals surface area contributed by atoms with E-state index >= 15 is 0 Å². The van der Waals surface area contributed by atoms with E-state index in [1.54, 1.807) is 0 Å². The van der Waals surface area contributed by atoms with Crippen molar-refractivity contribution in [2.45, 2.75) is 45.8 Å². The first-order valence-electron chi connectivity index (χ1n) is 7.95. The van der Waals surface area contributed by atoms with Gasteiger partial charge in [0.15, 0.2) is 5.78 Å². The van der Waals surface area contributed by atoms with E-state index in [4.69, 9.17) is 0 Å². The Morgan fingerprint density at radius 3 is 2.62 bits per heavy atom. The van der Waals surface area contributed by atoms with Crippen LogP contribution in [0.2, 0.25) is 0 Å². The molecule has 3 rings (SSSR count). The lowest BCUT2D eigenvalue weighted by atomic mass is 9.99. The summed E-state index contributed by atoms with van der Waals surface area (Å²) in [5.74, 6) is -0.0850. The zero-order chi connectivity index (χ0) is 17.5. The van der Waals surface area contributed by atoms with Gasteiger partial charge in [-0.25, -0.2) is 0 Å². The van der Waals surface area contributed by atoms with Gasteiger partial charge in [0.1, 0.15) is 0 Å². The van der Waals surface area contributed by atoms with Crippen molar-refractivity contribution >= 4 is 11.5 Å². The molecular formula is C17H20N4O3. The predicted octanol–water partition coefficient (Wildman–Crippen LogP) is 2.57. The van der Waals surface area contributed by atoms with Crippen molar-refractivity contribution in [3.05, 3.63) is 56.9 Å². The van der Waals surface area contributed by atoms with Gasteiger partial charge in [-0.1, -0.05) is 0 Å². The van der Waals surface area contributed by atoms with Crippen LogP contribution in [-0.4, -0.2) is 20.5 Å². The normalized spacial score (nSPS) is 15.3. The molecule has 7 nitrogen and oxygen atoms in total. The van der Waals surface area contributed by atoms with Crippen LogP contribution in [0.4, 0.5) is 5.69 Å². The van der Waals surface area contributed by atoms with Crippen LogP contribution in [-0.2, 0) is 25.0 Å². The largest absolute Gasteiger partial charge is 0.302 e. The Morgan fingerprint density at radius 1 is 1.38 bits per heavy atom. The molecule has 1 aromatic heterocycles. The number of ketones is 1. The number of fused-ring (bicyclic) bond motifs is 1. The SMILES string of the molecule is CCn1nc(CC(=O)c2ccc([N+](=O)[O-])cc2)c2c1C(C)(C)NC2. The summed E-state index contributed by atoms with van der Waals surface area (Å²) >= 11 is 0. The van der Waals surface area contributed by atoms with E-state index in [0.717, 1.165) is 23.5 Å². The quantitative estimate of drug-likeness (QED) is 0.517. The van der Waals surface area contributed by atoms with Gasteiger partial charge in [0.25, 0.3) is 5.69 Å². The second kappa shape index (κ2) is 5.83. The third-order valence-electron chi connectivity index (χ3n) is 4.46. The number of hydrogen-bond donors (Lipinski definition) is 1. The maximum atomic E-state index is 12.5. The van der Waals surface area contributed by atoms with E-state index in [-0.39, 0.29) is 23.4 Å². The molecule has 2 aromatic rings. The molecule has 1 N–H and O–H groups in total. The van der Waals surface area contributed by atoms with Gasteiger partial charge in [0.2, 0.25) is 0 Å². The lowest BCUT2D eigenvalue weighted by molar-refractivity contribution is -0.384. The van der Waals surface area contributed by atoms with Crippen LogP contribution in [0, 0.1) is 10.1 Å². The molecule has 0 saturated heterocycles. The lowest BCUT2D eigenvalue weighted by Gasteiger charge is -2.20. The summed E-state index contributed by atoms with van der Waals surface area (Å²) in [7, 11) is 0. The summed E-state index contributed by atoms with van der Waals surface area (Å²) < 4.78 is 1.95. The third kappa shape index (κ3) is 2.71. The molecule has 0 amide bonds. The molecule has 7 heteroatoms. The molecule has 24 heavy (non-hydrogen) atoms. The van der Waals surface area contributed by atoms with Crippen LogP contribution in [0.3, 0.4) is 0 Å². The van der Waals surface area contributed by atoms with Crippen LogP contribution in [0.25, 0.3) is 0 Å². The minimum Gasteiger partial charge on any atom is -0.302 e. The molecule has 0 aliphatic carbocycles. The van der Waals surface area contributed by atoms with Crippen molar-refractivity contribution in [2.75, 3.05) is 0 Å². The molecule has 1 aliphatic rings. The minimum absolute atomic E-state index is 0.0198. The highest BCUT2D eigenvalue weighted by molar-refractivity contribution is 5.97. The Kier molecular flexibility index (Phi) is 3.96. The first kappa shape index (κ1) is 16.3. The Balaban J connectivity index is 1.87. The van der Waals surface area contributed by atoms with E-state index in [1.165, 1.54) is 24.3 Å². The highest BCUT2D eigenvalue weighted by atomic mass is 16.6. The fraction of sp³-hybridized carbons (Fsp3) is 0.412. The Bertz CT molecular complexity index is 806. The summed E-state index contributed by atoms with van der Waals surface area (Å²) in [5, 5.41) is 18.7. The van der Waals surface area contributed by atoms with Crippen molar-refractivity contribution in [3.8, 4) is 0 Å². The first-order chi connectivity index (χ1) is 11.3. The second-order valence-corrected chi connectivity index (χ2v) is 6.47. The lowest BCUT2D eigenvalue weighted by Crippen LogP contribution is -2.32. The van der Waals surface area contributed by atoms with Crippen LogP contribution < -0.4 is 5.32 Å². The van der Waals surface area contributed by atoms with Crippen molar-refractivity contribution in [1.29, 1.82) is 0 Å². The number of nitrogens with zero attached hydrogens (tertiary/aromatic N) is 3. The van der Waals surface area contributed by atoms with Gasteiger partial charge in [-0.05, 0) is 32.9 Å². The topological polar surface area (TPSA) is 90.1 Å². The number of rotatable bonds is 5. The number of non-ortho nitro benzene ring substituents is 1. The molecule has 1 aliphatic heterocycles. The number of nitrogens with one attached hydrogen (secondary N) is 1. The Hall–Kier alpha value is -2.54. The second-order valence-electron chi connectivity index (χ2n) is 6.47. The molecule has 2 heterocycles. The number of aryl methyl sites for hydroxylation is 1. The van der Waals surface area contributed by atoms with Crippen LogP contribution in [0.5, 0.6) is 0 Å². The van der Waals surface area contributed by atoms with Gasteiger partial charge in [-0.2, -0.15) is 5.10 Å². The average Bonchev–Trinajstić information content (AvgIpc) is 3.06. The number of Topliss-reactive ketones (excluding diaryl/α,β-unsaturated/α-hetero) is 1. The molecule has 0 fully saturated rings. The van der Waals surface area contributed by atoms with Gasteiger partial charge in [0, 0.05) is 36.3 Å². The maximum absolute atomic E-state index is 12.5.